The van der Waals surface area contributed by atoms with Crippen LogP contribution in [0.2, 0.25) is 0 Å². The number of rotatable bonds is 6. The Morgan fingerprint density at radius 2 is 2.10 bits per heavy atom. The quantitative estimate of drug-likeness (QED) is 0.807. The van der Waals surface area contributed by atoms with Crippen molar-refractivity contribution in [3.8, 4) is 5.69 Å². The van der Waals surface area contributed by atoms with Gasteiger partial charge in [-0.25, -0.2) is 4.68 Å². The van der Waals surface area contributed by atoms with Gasteiger partial charge in [0, 0.05) is 20.3 Å². The highest BCUT2D eigenvalue weighted by Crippen LogP contribution is 2.08. The Morgan fingerprint density at radius 3 is 2.80 bits per heavy atom. The van der Waals surface area contributed by atoms with E-state index in [1.807, 2.05) is 31.2 Å². The normalized spacial score (nSPS) is 10.5. The van der Waals surface area contributed by atoms with E-state index >= 15 is 0 Å². The van der Waals surface area contributed by atoms with Crippen LogP contribution in [0, 0.1) is 6.92 Å². The first-order chi connectivity index (χ1) is 9.70. The summed E-state index contributed by atoms with van der Waals surface area (Å²) in [4.78, 5) is 11.8. The molecule has 0 bridgehead atoms. The van der Waals surface area contributed by atoms with Crippen LogP contribution in [0.1, 0.15) is 22.5 Å². The Morgan fingerprint density at radius 1 is 1.35 bits per heavy atom. The number of aryl methyl sites for hydroxylation is 1. The van der Waals surface area contributed by atoms with Crippen molar-refractivity contribution in [1.82, 2.24) is 20.3 Å². The smallest absolute Gasteiger partial charge is 0.273 e. The summed E-state index contributed by atoms with van der Waals surface area (Å²) in [6.07, 6.45) is 2.39. The minimum Gasteiger partial charge on any atom is -0.385 e. The highest BCUT2D eigenvalue weighted by atomic mass is 16.5. The number of ether oxygens (including phenoxy) is 1. The van der Waals surface area contributed by atoms with Crippen molar-refractivity contribution >= 4 is 5.91 Å². The molecular weight excluding hydrogens is 256 g/mol. The second kappa shape index (κ2) is 6.81. The van der Waals surface area contributed by atoms with Crippen LogP contribution in [0.25, 0.3) is 5.69 Å². The molecule has 0 saturated heterocycles. The van der Waals surface area contributed by atoms with Crippen molar-refractivity contribution in [1.29, 1.82) is 0 Å². The molecule has 2 aromatic rings. The van der Waals surface area contributed by atoms with Crippen LogP contribution in [0.5, 0.6) is 0 Å². The molecular formula is C14H18N4O2. The topological polar surface area (TPSA) is 69.0 Å². The van der Waals surface area contributed by atoms with Crippen molar-refractivity contribution in [2.24, 2.45) is 0 Å². The Labute approximate surface area is 117 Å². The van der Waals surface area contributed by atoms with Gasteiger partial charge in [-0.2, -0.15) is 0 Å². The van der Waals surface area contributed by atoms with Crippen molar-refractivity contribution in [3.05, 3.63) is 41.7 Å². The fourth-order valence-corrected chi connectivity index (χ4v) is 1.70. The maximum atomic E-state index is 11.8. The van der Waals surface area contributed by atoms with Gasteiger partial charge in [0.05, 0.1) is 11.9 Å². The highest BCUT2D eigenvalue weighted by molar-refractivity contribution is 5.91. The molecule has 0 fully saturated rings. The van der Waals surface area contributed by atoms with E-state index < -0.39 is 0 Å². The summed E-state index contributed by atoms with van der Waals surface area (Å²) in [7, 11) is 1.63. The van der Waals surface area contributed by atoms with E-state index in [9.17, 15) is 4.79 Å². The molecule has 0 aliphatic carbocycles. The summed E-state index contributed by atoms with van der Waals surface area (Å²) < 4.78 is 6.50. The zero-order chi connectivity index (χ0) is 14.4. The molecule has 20 heavy (non-hydrogen) atoms. The summed E-state index contributed by atoms with van der Waals surface area (Å²) in [5.41, 5.74) is 2.36. The van der Waals surface area contributed by atoms with Crippen LogP contribution in [-0.2, 0) is 4.74 Å². The second-order valence-electron chi connectivity index (χ2n) is 4.49. The minimum atomic E-state index is -0.223. The third-order valence-corrected chi connectivity index (χ3v) is 2.84. The third-order valence-electron chi connectivity index (χ3n) is 2.84. The van der Waals surface area contributed by atoms with E-state index in [-0.39, 0.29) is 5.91 Å². The molecule has 2 rings (SSSR count). The summed E-state index contributed by atoms with van der Waals surface area (Å²) in [6, 6.07) is 7.84. The number of nitrogens with one attached hydrogen (secondary N) is 1. The van der Waals surface area contributed by atoms with Crippen LogP contribution in [0.3, 0.4) is 0 Å². The Bertz CT molecular complexity index is 563. The number of aromatic nitrogens is 3. The molecule has 0 saturated carbocycles. The van der Waals surface area contributed by atoms with E-state index in [4.69, 9.17) is 4.74 Å². The van der Waals surface area contributed by atoms with E-state index in [1.54, 1.807) is 18.0 Å². The second-order valence-corrected chi connectivity index (χ2v) is 4.49. The third kappa shape index (κ3) is 3.64. The molecule has 6 nitrogen and oxygen atoms in total. The summed E-state index contributed by atoms with van der Waals surface area (Å²) in [5, 5.41) is 10.6. The maximum absolute atomic E-state index is 11.8. The number of carbonyl (C=O) groups excluding carboxylic acids is 1. The summed E-state index contributed by atoms with van der Waals surface area (Å²) in [5.74, 6) is -0.223. The molecule has 1 heterocycles. The van der Waals surface area contributed by atoms with Gasteiger partial charge in [0.15, 0.2) is 5.69 Å². The van der Waals surface area contributed by atoms with Crippen molar-refractivity contribution < 1.29 is 9.53 Å². The van der Waals surface area contributed by atoms with Crippen LogP contribution in [0.4, 0.5) is 0 Å². The van der Waals surface area contributed by atoms with Crippen LogP contribution in [-0.4, -0.2) is 41.2 Å². The van der Waals surface area contributed by atoms with Gasteiger partial charge < -0.3 is 10.1 Å². The average Bonchev–Trinajstić information content (AvgIpc) is 2.94. The molecule has 0 unspecified atom stereocenters. The lowest BCUT2D eigenvalue weighted by Crippen LogP contribution is -2.25. The highest BCUT2D eigenvalue weighted by Gasteiger charge is 2.10. The number of hydrogen-bond donors (Lipinski definition) is 1. The van der Waals surface area contributed by atoms with Gasteiger partial charge in [0.1, 0.15) is 0 Å². The fraction of sp³-hybridized carbons (Fsp3) is 0.357. The monoisotopic (exact) mass is 274 g/mol. The SMILES string of the molecule is COCCCNC(=O)c1cn(-c2ccc(C)cc2)nn1. The van der Waals surface area contributed by atoms with Crippen molar-refractivity contribution in [2.45, 2.75) is 13.3 Å². The van der Waals surface area contributed by atoms with E-state index in [1.165, 1.54) is 5.56 Å². The van der Waals surface area contributed by atoms with Gasteiger partial charge in [0.25, 0.3) is 5.91 Å². The molecule has 0 aliphatic heterocycles. The molecule has 1 N–H and O–H groups in total. The van der Waals surface area contributed by atoms with Gasteiger partial charge in [-0.05, 0) is 25.5 Å². The summed E-state index contributed by atoms with van der Waals surface area (Å²) in [6.45, 7) is 3.20. The molecule has 0 atom stereocenters. The number of hydrogen-bond acceptors (Lipinski definition) is 4. The first kappa shape index (κ1) is 14.2. The summed E-state index contributed by atoms with van der Waals surface area (Å²) >= 11 is 0. The Kier molecular flexibility index (Phi) is 4.84. The molecule has 106 valence electrons. The number of benzene rings is 1. The van der Waals surface area contributed by atoms with Gasteiger partial charge in [-0.3, -0.25) is 4.79 Å². The standard InChI is InChI=1S/C14H18N4O2/c1-11-4-6-12(7-5-11)18-10-13(16-17-18)14(19)15-8-3-9-20-2/h4-7,10H,3,8-9H2,1-2H3,(H,15,19). The van der Waals surface area contributed by atoms with E-state index in [2.05, 4.69) is 15.6 Å². The average molecular weight is 274 g/mol. The predicted molar refractivity (Wildman–Crippen MR) is 74.9 cm³/mol. The maximum Gasteiger partial charge on any atom is 0.273 e. The molecule has 1 aromatic carbocycles. The molecule has 1 amide bonds. The van der Waals surface area contributed by atoms with Gasteiger partial charge >= 0.3 is 0 Å². The number of methoxy groups -OCH3 is 1. The van der Waals surface area contributed by atoms with Gasteiger partial charge in [0.2, 0.25) is 0 Å². The lowest BCUT2D eigenvalue weighted by Gasteiger charge is -2.01. The molecule has 0 spiro atoms. The van der Waals surface area contributed by atoms with E-state index in [0.717, 1.165) is 12.1 Å². The first-order valence-corrected chi connectivity index (χ1v) is 6.47. The minimum absolute atomic E-state index is 0.223. The Hall–Kier alpha value is -2.21. The molecule has 1 aromatic heterocycles. The van der Waals surface area contributed by atoms with E-state index in [0.29, 0.717) is 18.8 Å². The van der Waals surface area contributed by atoms with Crippen LogP contribution < -0.4 is 5.32 Å². The molecule has 0 aliphatic rings. The van der Waals surface area contributed by atoms with Crippen LogP contribution in [0.15, 0.2) is 30.5 Å². The zero-order valence-electron chi connectivity index (χ0n) is 11.7. The fourth-order valence-electron chi connectivity index (χ4n) is 1.70. The van der Waals surface area contributed by atoms with Crippen molar-refractivity contribution in [3.63, 3.8) is 0 Å². The largest absolute Gasteiger partial charge is 0.385 e. The first-order valence-electron chi connectivity index (χ1n) is 6.47. The molecule has 0 radical (unpaired) electrons. The number of nitrogens with zero attached hydrogens (tertiary/aromatic N) is 3. The molecule has 6 heteroatoms. The number of amides is 1. The number of carbonyl (C=O) groups is 1. The van der Waals surface area contributed by atoms with Crippen LogP contribution >= 0.6 is 0 Å². The van der Waals surface area contributed by atoms with Gasteiger partial charge in [-0.1, -0.05) is 22.9 Å². The zero-order valence-corrected chi connectivity index (χ0v) is 11.7. The Balaban J connectivity index is 1.98. The lowest BCUT2D eigenvalue weighted by atomic mass is 10.2. The predicted octanol–water partition coefficient (Wildman–Crippen LogP) is 1.34. The van der Waals surface area contributed by atoms with Gasteiger partial charge in [-0.15, -0.1) is 5.10 Å². The van der Waals surface area contributed by atoms with Crippen molar-refractivity contribution in [2.75, 3.05) is 20.3 Å². The lowest BCUT2D eigenvalue weighted by molar-refractivity contribution is 0.0943.